The molecule has 3 heteroatoms. The molecular formula is C51H33N3. The Bertz CT molecular complexity index is 3210. The van der Waals surface area contributed by atoms with Gasteiger partial charge in [-0.15, -0.1) is 0 Å². The highest BCUT2D eigenvalue weighted by atomic mass is 15.0. The molecule has 0 saturated heterocycles. The lowest BCUT2D eigenvalue weighted by Crippen LogP contribution is -2.00. The fourth-order valence-electron chi connectivity index (χ4n) is 8.39. The molecule has 0 bridgehead atoms. The average Bonchev–Trinajstić information content (AvgIpc) is 3.77. The third-order valence-electron chi connectivity index (χ3n) is 10.9. The highest BCUT2D eigenvalue weighted by Crippen LogP contribution is 2.42. The van der Waals surface area contributed by atoms with E-state index in [1.54, 1.807) is 0 Å². The number of rotatable bonds is 5. The molecular weight excluding hydrogens is 655 g/mol. The topological polar surface area (TPSA) is 22.8 Å². The average molecular weight is 688 g/mol. The van der Waals surface area contributed by atoms with Crippen molar-refractivity contribution in [2.24, 2.45) is 0 Å². The molecule has 0 amide bonds. The molecule has 0 N–H and O–H groups in total. The van der Waals surface area contributed by atoms with Crippen molar-refractivity contribution < 1.29 is 0 Å². The van der Waals surface area contributed by atoms with E-state index in [0.717, 1.165) is 45.0 Å². The van der Waals surface area contributed by atoms with Crippen molar-refractivity contribution in [3.05, 3.63) is 200 Å². The third-order valence-corrected chi connectivity index (χ3v) is 10.9. The molecule has 0 atom stereocenters. The van der Waals surface area contributed by atoms with E-state index in [2.05, 4.69) is 209 Å². The Morgan fingerprint density at radius 3 is 1.52 bits per heavy atom. The first-order chi connectivity index (χ1) is 26.8. The summed E-state index contributed by atoms with van der Waals surface area (Å²) < 4.78 is 4.91. The number of nitrogens with zero attached hydrogens (tertiary/aromatic N) is 3. The van der Waals surface area contributed by atoms with Crippen LogP contribution in [0.3, 0.4) is 0 Å². The van der Waals surface area contributed by atoms with Crippen molar-refractivity contribution in [2.75, 3.05) is 0 Å². The van der Waals surface area contributed by atoms with E-state index in [9.17, 15) is 0 Å². The van der Waals surface area contributed by atoms with Crippen LogP contribution in [-0.2, 0) is 0 Å². The molecule has 11 aromatic rings. The molecule has 11 rings (SSSR count). The number of hydrogen-bond donors (Lipinski definition) is 0. The van der Waals surface area contributed by atoms with Crippen LogP contribution < -0.4 is 0 Å². The van der Waals surface area contributed by atoms with Gasteiger partial charge in [0.05, 0.1) is 39.1 Å². The first-order valence-electron chi connectivity index (χ1n) is 18.5. The van der Waals surface area contributed by atoms with Crippen molar-refractivity contribution in [1.82, 2.24) is 14.1 Å². The minimum atomic E-state index is 0.927. The molecule has 54 heavy (non-hydrogen) atoms. The van der Waals surface area contributed by atoms with E-state index in [4.69, 9.17) is 4.98 Å². The van der Waals surface area contributed by atoms with Gasteiger partial charge in [-0.2, -0.15) is 0 Å². The summed E-state index contributed by atoms with van der Waals surface area (Å²) >= 11 is 0. The van der Waals surface area contributed by atoms with Gasteiger partial charge in [-0.05, 0) is 70.4 Å². The molecule has 3 nitrogen and oxygen atoms in total. The first kappa shape index (κ1) is 30.4. The SMILES string of the molecule is c1ccc(-c2cc(-n3c4ccccc4c4ccc5c6ccccc6n(-c6ccccc6)c5c43)cc(-c3cccc(-c4ccc5ccccc5c4)c3)n2)cc1. The number of benzene rings is 8. The fraction of sp³-hybridized carbons (Fsp3) is 0. The van der Waals surface area contributed by atoms with E-state index >= 15 is 0 Å². The van der Waals surface area contributed by atoms with Gasteiger partial charge in [0, 0.05) is 38.4 Å². The van der Waals surface area contributed by atoms with E-state index in [1.165, 1.54) is 54.4 Å². The molecule has 0 radical (unpaired) electrons. The van der Waals surface area contributed by atoms with Gasteiger partial charge in [0.2, 0.25) is 0 Å². The molecule has 0 saturated carbocycles. The Balaban J connectivity index is 1.22. The van der Waals surface area contributed by atoms with E-state index < -0.39 is 0 Å². The number of aromatic nitrogens is 3. The summed E-state index contributed by atoms with van der Waals surface area (Å²) in [7, 11) is 0. The van der Waals surface area contributed by atoms with Crippen LogP contribution in [0.4, 0.5) is 0 Å². The molecule has 0 unspecified atom stereocenters. The fourth-order valence-corrected chi connectivity index (χ4v) is 8.39. The van der Waals surface area contributed by atoms with Crippen molar-refractivity contribution in [3.8, 4) is 45.0 Å². The molecule has 0 aliphatic rings. The maximum Gasteiger partial charge on any atom is 0.0788 e. The quantitative estimate of drug-likeness (QED) is 0.177. The smallest absolute Gasteiger partial charge is 0.0788 e. The van der Waals surface area contributed by atoms with Crippen molar-refractivity contribution in [3.63, 3.8) is 0 Å². The van der Waals surface area contributed by atoms with Crippen LogP contribution >= 0.6 is 0 Å². The Kier molecular flexibility index (Phi) is 6.86. The number of para-hydroxylation sites is 3. The second kappa shape index (κ2) is 12.2. The van der Waals surface area contributed by atoms with Crippen LogP contribution in [0.2, 0.25) is 0 Å². The molecule has 0 aliphatic carbocycles. The van der Waals surface area contributed by atoms with E-state index in [0.29, 0.717) is 0 Å². The summed E-state index contributed by atoms with van der Waals surface area (Å²) in [6.45, 7) is 0. The zero-order chi connectivity index (χ0) is 35.6. The van der Waals surface area contributed by atoms with Gasteiger partial charge in [0.25, 0.3) is 0 Å². The Labute approximate surface area is 312 Å². The van der Waals surface area contributed by atoms with Crippen molar-refractivity contribution >= 4 is 54.4 Å². The summed E-state index contributed by atoms with van der Waals surface area (Å²) in [4.78, 5) is 5.37. The van der Waals surface area contributed by atoms with Crippen LogP contribution in [0.25, 0.3) is 99.4 Å². The van der Waals surface area contributed by atoms with Gasteiger partial charge in [-0.3, -0.25) is 0 Å². The zero-order valence-electron chi connectivity index (χ0n) is 29.4. The zero-order valence-corrected chi connectivity index (χ0v) is 29.4. The Morgan fingerprint density at radius 1 is 0.296 bits per heavy atom. The minimum Gasteiger partial charge on any atom is -0.307 e. The maximum absolute atomic E-state index is 5.37. The van der Waals surface area contributed by atoms with Crippen LogP contribution in [-0.4, -0.2) is 14.1 Å². The Morgan fingerprint density at radius 2 is 0.815 bits per heavy atom. The standard InChI is InChI=1S/C51H33N3/c1-3-15-35(16-4-1)46-32-41(33-47(52-46)39-19-13-18-37(31-39)38-27-26-34-14-7-8-17-36(34)30-38)54-49-25-12-10-23-43(49)45-29-28-44-42-22-9-11-24-48(42)53(50(44)51(45)54)40-20-5-2-6-21-40/h1-33H. The maximum atomic E-state index is 5.37. The summed E-state index contributed by atoms with van der Waals surface area (Å²) in [6.07, 6.45) is 0. The molecule has 0 spiro atoms. The summed E-state index contributed by atoms with van der Waals surface area (Å²) in [5, 5.41) is 7.38. The summed E-state index contributed by atoms with van der Waals surface area (Å²) in [5.41, 5.74) is 13.3. The molecule has 3 heterocycles. The molecule has 0 fully saturated rings. The highest BCUT2D eigenvalue weighted by Gasteiger charge is 2.22. The van der Waals surface area contributed by atoms with Gasteiger partial charge in [0.15, 0.2) is 0 Å². The highest BCUT2D eigenvalue weighted by molar-refractivity contribution is 6.23. The predicted molar refractivity (Wildman–Crippen MR) is 227 cm³/mol. The van der Waals surface area contributed by atoms with Gasteiger partial charge in [0.1, 0.15) is 0 Å². The van der Waals surface area contributed by atoms with Crippen LogP contribution in [0.1, 0.15) is 0 Å². The minimum absolute atomic E-state index is 0.927. The predicted octanol–water partition coefficient (Wildman–Crippen LogP) is 13.4. The van der Waals surface area contributed by atoms with Crippen molar-refractivity contribution in [1.29, 1.82) is 0 Å². The van der Waals surface area contributed by atoms with Crippen LogP contribution in [0.15, 0.2) is 200 Å². The Hall–Kier alpha value is -7.23. The lowest BCUT2D eigenvalue weighted by molar-refractivity contribution is 1.14. The number of pyridine rings is 1. The first-order valence-corrected chi connectivity index (χ1v) is 18.5. The number of hydrogen-bond acceptors (Lipinski definition) is 1. The summed E-state index contributed by atoms with van der Waals surface area (Å²) in [6, 6.07) is 72.1. The lowest BCUT2D eigenvalue weighted by Gasteiger charge is -2.15. The van der Waals surface area contributed by atoms with Crippen LogP contribution in [0, 0.1) is 0 Å². The molecule has 252 valence electrons. The second-order valence-electron chi connectivity index (χ2n) is 14.0. The van der Waals surface area contributed by atoms with E-state index in [1.807, 2.05) is 0 Å². The normalized spacial score (nSPS) is 11.7. The van der Waals surface area contributed by atoms with Crippen molar-refractivity contribution in [2.45, 2.75) is 0 Å². The van der Waals surface area contributed by atoms with Gasteiger partial charge >= 0.3 is 0 Å². The van der Waals surface area contributed by atoms with Gasteiger partial charge in [-0.25, -0.2) is 4.98 Å². The largest absolute Gasteiger partial charge is 0.307 e. The lowest BCUT2D eigenvalue weighted by atomic mass is 9.98. The summed E-state index contributed by atoms with van der Waals surface area (Å²) in [5.74, 6) is 0. The van der Waals surface area contributed by atoms with E-state index in [-0.39, 0.29) is 0 Å². The van der Waals surface area contributed by atoms with Crippen LogP contribution in [0.5, 0.6) is 0 Å². The second-order valence-corrected chi connectivity index (χ2v) is 14.0. The third kappa shape index (κ3) is 4.79. The molecule has 0 aliphatic heterocycles. The monoisotopic (exact) mass is 687 g/mol. The van der Waals surface area contributed by atoms with Gasteiger partial charge < -0.3 is 9.13 Å². The van der Waals surface area contributed by atoms with Gasteiger partial charge in [-0.1, -0.05) is 152 Å². The number of fused-ring (bicyclic) bond motifs is 8. The molecule has 8 aromatic carbocycles. The molecule has 3 aromatic heterocycles.